The van der Waals surface area contributed by atoms with E-state index in [4.69, 9.17) is 15.9 Å². The van der Waals surface area contributed by atoms with Gasteiger partial charge in [-0.05, 0) is 18.6 Å². The van der Waals surface area contributed by atoms with Gasteiger partial charge in [0.1, 0.15) is 12.3 Å². The zero-order valence-corrected chi connectivity index (χ0v) is 12.6. The van der Waals surface area contributed by atoms with Gasteiger partial charge >= 0.3 is 0 Å². The first-order valence-corrected chi connectivity index (χ1v) is 5.55. The molecule has 7 heteroatoms. The van der Waals surface area contributed by atoms with E-state index < -0.39 is 5.91 Å². The van der Waals surface area contributed by atoms with Crippen molar-refractivity contribution in [2.45, 2.75) is 26.3 Å². The third kappa shape index (κ3) is 5.89. The topological polar surface area (TPSA) is 107 Å². The third-order valence-electron chi connectivity index (χ3n) is 2.15. The standard InChI is InChI=1S/C11H18N4O2.HI/c1-2-3-6-14-11(13)15-7-8-4-5-9(17-8)10(12)16;/h4-5H,2-3,6-7H2,1H3,(H2,12,16)(H3,13,14,15);1H. The summed E-state index contributed by atoms with van der Waals surface area (Å²) in [6.45, 7) is 3.19. The molecule has 0 saturated heterocycles. The fourth-order valence-electron chi connectivity index (χ4n) is 1.21. The summed E-state index contributed by atoms with van der Waals surface area (Å²) >= 11 is 0. The highest BCUT2D eigenvalue weighted by molar-refractivity contribution is 14.0. The number of aliphatic imine (C=N–C) groups is 1. The summed E-state index contributed by atoms with van der Waals surface area (Å²) in [4.78, 5) is 14.9. The van der Waals surface area contributed by atoms with Gasteiger partial charge in [0.05, 0.1) is 0 Å². The lowest BCUT2D eigenvalue weighted by atomic mass is 10.3. The molecule has 6 nitrogen and oxygen atoms in total. The molecule has 0 aliphatic heterocycles. The van der Waals surface area contributed by atoms with Gasteiger partial charge in [-0.2, -0.15) is 0 Å². The van der Waals surface area contributed by atoms with Crippen LogP contribution in [-0.4, -0.2) is 18.4 Å². The molecular formula is C11H19IN4O2. The van der Waals surface area contributed by atoms with Gasteiger partial charge in [0.25, 0.3) is 5.91 Å². The van der Waals surface area contributed by atoms with Gasteiger partial charge in [0.2, 0.25) is 0 Å². The van der Waals surface area contributed by atoms with Crippen molar-refractivity contribution in [3.63, 3.8) is 0 Å². The number of hydrogen-bond donors (Lipinski definition) is 3. The Morgan fingerprint density at radius 2 is 2.17 bits per heavy atom. The van der Waals surface area contributed by atoms with Gasteiger partial charge in [-0.25, -0.2) is 4.99 Å². The smallest absolute Gasteiger partial charge is 0.284 e. The molecule has 1 aromatic rings. The van der Waals surface area contributed by atoms with E-state index in [1.807, 2.05) is 0 Å². The Balaban J connectivity index is 0.00000289. The minimum atomic E-state index is -0.589. The van der Waals surface area contributed by atoms with E-state index in [1.54, 1.807) is 6.07 Å². The molecule has 102 valence electrons. The Bertz CT molecular complexity index is 404. The maximum Gasteiger partial charge on any atom is 0.284 e. The van der Waals surface area contributed by atoms with Gasteiger partial charge in [-0.15, -0.1) is 24.0 Å². The van der Waals surface area contributed by atoms with Crippen LogP contribution >= 0.6 is 24.0 Å². The zero-order chi connectivity index (χ0) is 12.7. The molecule has 1 heterocycles. The Morgan fingerprint density at radius 3 is 2.72 bits per heavy atom. The number of primary amides is 1. The molecular weight excluding hydrogens is 347 g/mol. The Morgan fingerprint density at radius 1 is 1.44 bits per heavy atom. The number of carbonyl (C=O) groups excluding carboxylic acids is 1. The van der Waals surface area contributed by atoms with Crippen LogP contribution in [0.25, 0.3) is 0 Å². The number of amides is 1. The fourth-order valence-corrected chi connectivity index (χ4v) is 1.21. The second kappa shape index (κ2) is 8.78. The van der Waals surface area contributed by atoms with E-state index in [9.17, 15) is 4.79 Å². The van der Waals surface area contributed by atoms with Crippen LogP contribution in [0.3, 0.4) is 0 Å². The van der Waals surface area contributed by atoms with Gasteiger partial charge in [0.15, 0.2) is 11.7 Å². The monoisotopic (exact) mass is 366 g/mol. The molecule has 1 aromatic heterocycles. The molecule has 0 fully saturated rings. The first-order valence-electron chi connectivity index (χ1n) is 5.55. The molecule has 5 N–H and O–H groups in total. The summed E-state index contributed by atoms with van der Waals surface area (Å²) in [5, 5.41) is 2.98. The van der Waals surface area contributed by atoms with Crippen LogP contribution in [0.2, 0.25) is 0 Å². The molecule has 0 radical (unpaired) electrons. The fraction of sp³-hybridized carbons (Fsp3) is 0.455. The summed E-state index contributed by atoms with van der Waals surface area (Å²) < 4.78 is 5.16. The summed E-state index contributed by atoms with van der Waals surface area (Å²) in [5.74, 6) is 0.469. The maximum atomic E-state index is 10.8. The van der Waals surface area contributed by atoms with Gasteiger partial charge in [-0.3, -0.25) is 4.79 Å². The van der Waals surface area contributed by atoms with E-state index in [0.717, 1.165) is 19.4 Å². The average molecular weight is 366 g/mol. The van der Waals surface area contributed by atoms with Crippen molar-refractivity contribution in [3.8, 4) is 0 Å². The van der Waals surface area contributed by atoms with Crippen LogP contribution in [0, 0.1) is 0 Å². The Kier molecular flexibility index (Phi) is 8.17. The largest absolute Gasteiger partial charge is 0.454 e. The van der Waals surface area contributed by atoms with Gasteiger partial charge in [0, 0.05) is 6.54 Å². The number of nitrogens with one attached hydrogen (secondary N) is 1. The van der Waals surface area contributed by atoms with Crippen molar-refractivity contribution in [1.82, 2.24) is 5.32 Å². The quantitative estimate of drug-likeness (QED) is 0.304. The number of nitrogens with two attached hydrogens (primary N) is 2. The lowest BCUT2D eigenvalue weighted by Crippen LogP contribution is -2.32. The summed E-state index contributed by atoms with van der Waals surface area (Å²) in [6, 6.07) is 3.18. The van der Waals surface area contributed by atoms with Gasteiger partial charge < -0.3 is 21.2 Å². The van der Waals surface area contributed by atoms with Crippen molar-refractivity contribution in [2.24, 2.45) is 16.5 Å². The second-order valence-electron chi connectivity index (χ2n) is 3.61. The molecule has 1 rings (SSSR count). The van der Waals surface area contributed by atoms with E-state index in [2.05, 4.69) is 17.2 Å². The van der Waals surface area contributed by atoms with Crippen molar-refractivity contribution < 1.29 is 9.21 Å². The third-order valence-corrected chi connectivity index (χ3v) is 2.15. The highest BCUT2D eigenvalue weighted by Crippen LogP contribution is 2.07. The number of carbonyl (C=O) groups is 1. The first kappa shape index (κ1) is 16.8. The summed E-state index contributed by atoms with van der Waals surface area (Å²) in [5.41, 5.74) is 10.7. The zero-order valence-electron chi connectivity index (χ0n) is 10.3. The molecule has 1 amide bonds. The minimum Gasteiger partial charge on any atom is -0.454 e. The van der Waals surface area contributed by atoms with Crippen molar-refractivity contribution in [1.29, 1.82) is 0 Å². The molecule has 0 spiro atoms. The molecule has 0 aliphatic carbocycles. The van der Waals surface area contributed by atoms with E-state index >= 15 is 0 Å². The molecule has 0 unspecified atom stereocenters. The number of nitrogens with zero attached hydrogens (tertiary/aromatic N) is 1. The molecule has 0 atom stereocenters. The van der Waals surface area contributed by atoms with Crippen molar-refractivity contribution in [3.05, 3.63) is 23.7 Å². The van der Waals surface area contributed by atoms with E-state index in [-0.39, 0.29) is 36.3 Å². The normalized spacial score (nSPS) is 10.8. The number of hydrogen-bond acceptors (Lipinski definition) is 3. The number of guanidine groups is 1. The van der Waals surface area contributed by atoms with Crippen LogP contribution in [-0.2, 0) is 6.54 Å². The van der Waals surface area contributed by atoms with Crippen molar-refractivity contribution in [2.75, 3.05) is 6.54 Å². The van der Waals surface area contributed by atoms with Crippen LogP contribution in [0.5, 0.6) is 0 Å². The maximum absolute atomic E-state index is 10.8. The molecule has 0 aromatic carbocycles. The number of halogens is 1. The Labute approximate surface area is 123 Å². The second-order valence-corrected chi connectivity index (χ2v) is 3.61. The minimum absolute atomic E-state index is 0. The predicted octanol–water partition coefficient (Wildman–Crippen LogP) is 1.20. The molecule has 0 aliphatic rings. The van der Waals surface area contributed by atoms with Gasteiger partial charge in [-0.1, -0.05) is 13.3 Å². The van der Waals surface area contributed by atoms with Crippen molar-refractivity contribution >= 4 is 35.8 Å². The van der Waals surface area contributed by atoms with E-state index in [1.165, 1.54) is 6.07 Å². The lowest BCUT2D eigenvalue weighted by Gasteiger charge is -2.03. The van der Waals surface area contributed by atoms with Crippen LogP contribution in [0.1, 0.15) is 36.1 Å². The molecule has 0 bridgehead atoms. The van der Waals surface area contributed by atoms with Crippen LogP contribution < -0.4 is 16.8 Å². The number of unbranched alkanes of at least 4 members (excludes halogenated alkanes) is 1. The molecule has 0 saturated carbocycles. The van der Waals surface area contributed by atoms with E-state index in [0.29, 0.717) is 11.7 Å². The number of rotatable bonds is 6. The predicted molar refractivity (Wildman–Crippen MR) is 80.9 cm³/mol. The average Bonchev–Trinajstić information content (AvgIpc) is 2.75. The number of furan rings is 1. The van der Waals surface area contributed by atoms with Crippen LogP contribution in [0.4, 0.5) is 0 Å². The highest BCUT2D eigenvalue weighted by Gasteiger charge is 2.06. The highest BCUT2D eigenvalue weighted by atomic mass is 127. The summed E-state index contributed by atoms with van der Waals surface area (Å²) in [6.07, 6.45) is 2.14. The summed E-state index contributed by atoms with van der Waals surface area (Å²) in [7, 11) is 0. The van der Waals surface area contributed by atoms with Crippen LogP contribution in [0.15, 0.2) is 21.5 Å². The lowest BCUT2D eigenvalue weighted by molar-refractivity contribution is 0.0972. The molecule has 18 heavy (non-hydrogen) atoms. The first-order chi connectivity index (χ1) is 8.13. The SMILES string of the molecule is CCCCNC(N)=NCc1ccc(C(N)=O)o1.I. The Hall–Kier alpha value is -1.25.